The minimum atomic E-state index is -6.00. The number of nitrogen functional groups attached to an aromatic ring is 6. The molecule has 15 atom stereocenters. The number of nitrogens with two attached hydrogens (primary N) is 6. The normalized spacial score (nSPS) is 17.1. The Kier molecular flexibility index (Phi) is 33.6. The predicted octanol–water partition coefficient (Wildman–Crippen LogP) is -5.02. The largest absolute Gasteiger partial charge is 0.472 e. The molecule has 68 nitrogen and oxygen atoms in total. The van der Waals surface area contributed by atoms with Crippen LogP contribution in [0.2, 0.25) is 0 Å². The van der Waals surface area contributed by atoms with Crippen molar-refractivity contribution in [3.05, 3.63) is 168 Å². The van der Waals surface area contributed by atoms with Gasteiger partial charge in [-0.05, 0) is 35.0 Å². The Bertz CT molecular complexity index is 7310. The highest BCUT2D eigenvalue weighted by Gasteiger charge is 2.41. The number of anilines is 6. The fourth-order valence-electron chi connectivity index (χ4n) is 12.2. The van der Waals surface area contributed by atoms with Crippen molar-refractivity contribution in [2.24, 2.45) is 0 Å². The van der Waals surface area contributed by atoms with Crippen LogP contribution < -0.4 is 79.4 Å². The van der Waals surface area contributed by atoms with Crippen molar-refractivity contribution in [3.63, 3.8) is 0 Å². The maximum absolute atomic E-state index is 14.6. The average molecular weight is 2140 g/mol. The molecular weight excluding hydrogens is 2060 g/mol. The van der Waals surface area contributed by atoms with Gasteiger partial charge < -0.3 is 97.1 Å². The van der Waals surface area contributed by atoms with Crippen LogP contribution in [0.5, 0.6) is 0 Å². The van der Waals surface area contributed by atoms with E-state index in [4.69, 9.17) is 97.7 Å². The predicted molar refractivity (Wildman–Crippen MR) is 463 cm³/mol. The van der Waals surface area contributed by atoms with Gasteiger partial charge in [0.05, 0.1) is 141 Å². The number of imidazole rings is 4. The summed E-state index contributed by atoms with van der Waals surface area (Å²) in [6, 6.07) is 2.19. The van der Waals surface area contributed by atoms with E-state index in [0.29, 0.717) is 13.7 Å². The van der Waals surface area contributed by atoms with Gasteiger partial charge in [-0.3, -0.25) is 121 Å². The zero-order valence-electron chi connectivity index (χ0n) is 69.6. The van der Waals surface area contributed by atoms with E-state index in [-0.39, 0.29) is 73.9 Å². The lowest BCUT2D eigenvalue weighted by molar-refractivity contribution is 0.00148. The molecule has 0 spiro atoms. The molecule has 0 aliphatic rings. The van der Waals surface area contributed by atoms with Crippen molar-refractivity contribution in [1.29, 1.82) is 0 Å². The number of halogens is 1. The molecule has 12 heterocycles. The van der Waals surface area contributed by atoms with Crippen molar-refractivity contribution >= 4 is 151 Å². The van der Waals surface area contributed by atoms with Gasteiger partial charge in [-0.15, -0.1) is 0 Å². The highest BCUT2D eigenvalue weighted by molar-refractivity contribution is 9.10. The number of hydrogen-bond acceptors (Lipinski definition) is 49. The summed E-state index contributed by atoms with van der Waals surface area (Å²) < 4.78 is 180. The number of aryl methyl sites for hydroxylation is 1. The summed E-state index contributed by atoms with van der Waals surface area (Å²) in [6.45, 7) is -15.9. The first-order chi connectivity index (χ1) is 64.3. The number of aromatic amines is 4. The maximum atomic E-state index is 14.6. The van der Waals surface area contributed by atoms with Gasteiger partial charge in [-0.2, -0.15) is 19.9 Å². The third-order valence-corrected chi connectivity index (χ3v) is 26.0. The number of phosphoric acid groups is 7. The molecule has 0 aliphatic carbocycles. The summed E-state index contributed by atoms with van der Waals surface area (Å²) in [5.74, 6) is -1.78. The summed E-state index contributed by atoms with van der Waals surface area (Å²) in [7, 11) is -40.5. The molecule has 76 heteroatoms. The van der Waals surface area contributed by atoms with Crippen LogP contribution in [-0.4, -0.2) is 262 Å². The van der Waals surface area contributed by atoms with Gasteiger partial charge in [0.15, 0.2) is 45.3 Å². The SMILES string of the molecule is Cc1cn(C[C@@H](COP(=O)(O)O[C@H](CO)Cn2ccc(N)nc2=O)OP(=O)(O)OC[C@H](Cn2ccc(N)nc2=O)OP(=O)(O)OC[C@H](Cn2cc(Br)c(=O)[nH]c2=O)OP(=O)(O)OC[C@H](Cn2cnc3c(N)ncnc32)OP(=O)(O)OC[C@H](Cn2cnc3c(=O)[nH]c(N)nc32)OP(=O)(O)OC[C@H](Cn2cnc3c(N)ncnc32)OP(=O)(O)OC[C@@H](O)Cn2cnc3c(=O)[nH]c(N)nc32)c(=O)[nH]c1=O. The molecule has 137 heavy (non-hydrogen) atoms. The van der Waals surface area contributed by atoms with Crippen molar-refractivity contribution in [2.45, 2.75) is 108 Å². The number of aliphatic hydroxyl groups is 2. The lowest BCUT2D eigenvalue weighted by atomic mass is 10.3. The van der Waals surface area contributed by atoms with Gasteiger partial charge in [0.1, 0.15) is 78.1 Å². The second-order valence-corrected chi connectivity index (χ2v) is 39.4. The number of nitrogens with zero attached hydrogens (tertiary/aromatic N) is 20. The van der Waals surface area contributed by atoms with Crippen LogP contribution in [-0.2, 0) is 148 Å². The molecule has 0 aromatic carbocycles. The van der Waals surface area contributed by atoms with E-state index in [0.717, 1.165) is 97.7 Å². The Morgan fingerprint density at radius 3 is 1.01 bits per heavy atom. The van der Waals surface area contributed by atoms with Crippen molar-refractivity contribution in [2.75, 3.05) is 87.3 Å². The molecule has 12 aromatic rings. The lowest BCUT2D eigenvalue weighted by Gasteiger charge is -2.27. The van der Waals surface area contributed by atoms with Crippen molar-refractivity contribution < 1.29 is 140 Å². The monoisotopic (exact) mass is 2140 g/mol. The van der Waals surface area contributed by atoms with Crippen LogP contribution in [0.3, 0.4) is 0 Å². The summed E-state index contributed by atoms with van der Waals surface area (Å²) in [4.78, 5) is 237. The second kappa shape index (κ2) is 43.9. The number of aliphatic hydroxyl groups excluding tert-OH is 2. The number of H-pyrrole nitrogens is 4. The van der Waals surface area contributed by atoms with Gasteiger partial charge in [-0.1, -0.05) is 0 Å². The summed E-state index contributed by atoms with van der Waals surface area (Å²) in [5.41, 5.74) is 25.0. The van der Waals surface area contributed by atoms with E-state index in [2.05, 4.69) is 85.7 Å². The van der Waals surface area contributed by atoms with Gasteiger partial charge in [0.2, 0.25) is 11.9 Å². The number of fused-ring (bicyclic) bond motifs is 4. The van der Waals surface area contributed by atoms with Crippen molar-refractivity contribution in [3.8, 4) is 0 Å². The molecular formula is C61H80BrN30O38P7. The fourth-order valence-corrected chi connectivity index (χ4v) is 19.0. The van der Waals surface area contributed by atoms with E-state index >= 15 is 0 Å². The Morgan fingerprint density at radius 2 is 0.657 bits per heavy atom. The summed E-state index contributed by atoms with van der Waals surface area (Å²) in [5, 5.41) is 21.0. The lowest BCUT2D eigenvalue weighted by Crippen LogP contribution is -2.36. The van der Waals surface area contributed by atoms with Crippen LogP contribution in [0.4, 0.5) is 35.2 Å². The Balaban J connectivity index is 0.765. The van der Waals surface area contributed by atoms with E-state index < -0.39 is 270 Å². The number of rotatable bonds is 52. The molecule has 0 amide bonds. The summed E-state index contributed by atoms with van der Waals surface area (Å²) >= 11 is 2.91. The van der Waals surface area contributed by atoms with E-state index in [9.17, 15) is 115 Å². The topological polar surface area (TPSA) is 981 Å². The molecule has 744 valence electrons. The molecule has 0 bridgehead atoms. The third-order valence-electron chi connectivity index (χ3n) is 18.2. The number of hydrogen-bond donors (Lipinski definition) is 19. The molecule has 0 fully saturated rings. The average Bonchev–Trinajstić information content (AvgIpc) is 1.66. The highest BCUT2D eigenvalue weighted by atomic mass is 79.9. The zero-order chi connectivity index (χ0) is 99.6. The quantitative estimate of drug-likeness (QED) is 0.0159. The van der Waals surface area contributed by atoms with E-state index in [1.807, 2.05) is 9.97 Å². The van der Waals surface area contributed by atoms with Gasteiger partial charge in [0, 0.05) is 30.4 Å². The van der Waals surface area contributed by atoms with Crippen LogP contribution in [0.25, 0.3) is 44.7 Å². The molecule has 0 aliphatic heterocycles. The Labute approximate surface area is 766 Å². The first kappa shape index (κ1) is 105. The van der Waals surface area contributed by atoms with Crippen LogP contribution in [0.15, 0.2) is 118 Å². The molecule has 0 saturated heterocycles. The number of nitrogens with one attached hydrogen (secondary N) is 4. The number of phosphoric ester groups is 7. The van der Waals surface area contributed by atoms with Crippen LogP contribution >= 0.6 is 70.7 Å². The highest BCUT2D eigenvalue weighted by Crippen LogP contribution is 2.54. The van der Waals surface area contributed by atoms with Crippen LogP contribution in [0.1, 0.15) is 5.56 Å². The zero-order valence-corrected chi connectivity index (χ0v) is 77.5. The summed E-state index contributed by atoms with van der Waals surface area (Å²) in [6.07, 6.45) is -6.46. The smallest absolute Gasteiger partial charge is 0.394 e. The number of aromatic nitrogens is 24. The molecule has 12 rings (SSSR count). The van der Waals surface area contributed by atoms with Crippen LogP contribution in [0, 0.1) is 6.92 Å². The van der Waals surface area contributed by atoms with Gasteiger partial charge in [-0.25, -0.2) is 91.0 Å². The Morgan fingerprint density at radius 1 is 0.358 bits per heavy atom. The van der Waals surface area contributed by atoms with E-state index in [1.54, 1.807) is 0 Å². The standard InChI is InChI=1S/C61H80BrN30O38P7/c1-30-6-87(60(101)83-52(30)95)10-34(19-118-132(105,106)124-32(16-93)8-85-4-2-40(63)77-58(85)99)126-134(109,110)119-18-33(9-86-5-3-41(64)78-59(86)100)125-133(107,108)120-20-35(11-88-15-39(62)53(96)84-61(88)102)127-135(111,112)121-22-37(13-91-27-74-43-47(66)70-25-72-49(43)91)129-136(113,114)123-23-38(14-92-29-76-45-51(92)80-57(68)82-55(45)98)130-137(115,116)122-21-36(12-90-26-73-42-46(65)69-24-71-48(42)90)128-131(103,104)117-17-31(94)7-89-28-75-44-50(89)79-56(67)81-54(44)97/h2-6,15,24-29,31-38,93-94H,7-14,16-23H2,1H3,(H,103,104)(H,105,106)(H,107,108)(H,109,110)(H,111,112)(H,113,114)(H,115,116)(H2,63,77,99)(H2,64,78,100)(H2,65,69,71)(H2,66,70,72)(H,83,95,101)(H,84,96,102)(H3,67,79,81,97)(H3,68,80,82,98)/t31-,32-,33-,34-,35-,36-,37-,38-/m0/s1. The molecule has 12 aromatic heterocycles. The molecule has 25 N–H and O–H groups in total. The maximum Gasteiger partial charge on any atom is 0.472 e. The first-order valence-corrected chi connectivity index (χ1v) is 49.7. The van der Waals surface area contributed by atoms with Gasteiger partial charge >= 0.3 is 77.5 Å². The van der Waals surface area contributed by atoms with Gasteiger partial charge in [0.25, 0.3) is 22.2 Å². The minimum Gasteiger partial charge on any atom is -0.394 e. The molecule has 0 saturated carbocycles. The molecule has 0 radical (unpaired) electrons. The molecule has 7 unspecified atom stereocenters. The van der Waals surface area contributed by atoms with E-state index in [1.165, 1.54) is 6.92 Å². The Hall–Kier alpha value is -11.1. The minimum absolute atomic E-state index is 0.00822. The van der Waals surface area contributed by atoms with Crippen molar-refractivity contribution in [1.82, 2.24) is 116 Å². The first-order valence-electron chi connectivity index (χ1n) is 38.4. The second-order valence-electron chi connectivity index (χ2n) is 28.7. The fraction of sp³-hybridized carbons (Fsp3) is 0.410. The third kappa shape index (κ3) is 29.3.